The molecule has 0 bridgehead atoms. The zero-order valence-electron chi connectivity index (χ0n) is 15.7. The van der Waals surface area contributed by atoms with E-state index in [-0.39, 0.29) is 23.0 Å². The van der Waals surface area contributed by atoms with Crippen LogP contribution in [0.15, 0.2) is 48.6 Å². The van der Waals surface area contributed by atoms with E-state index < -0.39 is 0 Å². The maximum Gasteiger partial charge on any atom is 0.248 e. The highest BCUT2D eigenvalue weighted by Crippen LogP contribution is 2.50. The molecule has 0 radical (unpaired) electrons. The third-order valence-corrected chi connectivity index (χ3v) is 7.79. The highest BCUT2D eigenvalue weighted by atomic mass is 32.2. The van der Waals surface area contributed by atoms with Crippen LogP contribution in [0.3, 0.4) is 0 Å². The summed E-state index contributed by atoms with van der Waals surface area (Å²) in [6, 6.07) is 11.9. The molecule has 5 nitrogen and oxygen atoms in total. The number of rotatable bonds is 6. The first-order valence-corrected chi connectivity index (χ1v) is 11.1. The fourth-order valence-electron chi connectivity index (χ4n) is 3.40. The van der Waals surface area contributed by atoms with Crippen molar-refractivity contribution in [1.82, 2.24) is 5.48 Å². The van der Waals surface area contributed by atoms with E-state index in [0.29, 0.717) is 0 Å². The van der Waals surface area contributed by atoms with Crippen molar-refractivity contribution in [3.05, 3.63) is 53.4 Å². The molecule has 1 saturated heterocycles. The lowest BCUT2D eigenvalue weighted by Gasteiger charge is -2.35. The van der Waals surface area contributed by atoms with E-state index in [2.05, 4.69) is 17.4 Å². The van der Waals surface area contributed by atoms with Gasteiger partial charge in [0.1, 0.15) is 0 Å². The van der Waals surface area contributed by atoms with Gasteiger partial charge in [-0.15, -0.1) is 23.1 Å². The predicted octanol–water partition coefficient (Wildman–Crippen LogP) is 4.94. The zero-order chi connectivity index (χ0) is 20.0. The molecular weight excluding hydrogens is 392 g/mol. The second-order valence-electron chi connectivity index (χ2n) is 6.75. The summed E-state index contributed by atoms with van der Waals surface area (Å²) in [7, 11) is 0. The van der Waals surface area contributed by atoms with E-state index in [1.807, 2.05) is 24.3 Å². The van der Waals surface area contributed by atoms with Crippen LogP contribution >= 0.6 is 23.1 Å². The Hall–Kier alpha value is -2.09. The molecule has 1 fully saturated rings. The van der Waals surface area contributed by atoms with E-state index in [9.17, 15) is 9.59 Å². The molecule has 1 aliphatic rings. The summed E-state index contributed by atoms with van der Waals surface area (Å²) in [6.07, 6.45) is 6.61. The molecule has 148 valence electrons. The normalized spacial score (nSPS) is 19.5. The summed E-state index contributed by atoms with van der Waals surface area (Å²) in [5, 5.41) is 11.9. The molecule has 0 saturated carbocycles. The number of hydrogen-bond acceptors (Lipinski definition) is 5. The Labute approximate surface area is 173 Å². The highest BCUT2D eigenvalue weighted by molar-refractivity contribution is 8.00. The van der Waals surface area contributed by atoms with Crippen molar-refractivity contribution in [3.8, 4) is 10.4 Å². The van der Waals surface area contributed by atoms with Gasteiger partial charge in [-0.25, -0.2) is 5.48 Å². The largest absolute Gasteiger partial charge is 0.323 e. The molecule has 0 aliphatic carbocycles. The fraction of sp³-hybridized carbons (Fsp3) is 0.333. The van der Waals surface area contributed by atoms with Crippen LogP contribution < -0.4 is 10.8 Å². The quantitative estimate of drug-likeness (QED) is 0.354. The van der Waals surface area contributed by atoms with Gasteiger partial charge in [-0.2, -0.15) is 0 Å². The van der Waals surface area contributed by atoms with E-state index in [1.165, 1.54) is 6.08 Å². The Morgan fingerprint density at radius 1 is 1.25 bits per heavy atom. The number of amides is 2. The van der Waals surface area contributed by atoms with Crippen molar-refractivity contribution in [3.63, 3.8) is 0 Å². The molecule has 1 atom stereocenters. The van der Waals surface area contributed by atoms with Crippen molar-refractivity contribution in [2.24, 2.45) is 0 Å². The van der Waals surface area contributed by atoms with Gasteiger partial charge in [0.05, 0.1) is 4.75 Å². The number of nitrogens with one attached hydrogen (secondary N) is 2. The zero-order valence-corrected chi connectivity index (χ0v) is 17.4. The molecular formula is C21H24N2O3S2. The molecule has 3 rings (SSSR count). The van der Waals surface area contributed by atoms with Gasteiger partial charge >= 0.3 is 0 Å². The molecule has 28 heavy (non-hydrogen) atoms. The molecule has 1 aliphatic heterocycles. The summed E-state index contributed by atoms with van der Waals surface area (Å²) in [5.74, 6) is 0.510. The SMILES string of the molecule is C/C=C/C(=O)Nc1cccc(-c2ccc([C@@]3(CC(=O)NO)CCCCS3)s2)c1. The van der Waals surface area contributed by atoms with Gasteiger partial charge in [-0.1, -0.05) is 24.6 Å². The van der Waals surface area contributed by atoms with Crippen molar-refractivity contribution in [2.75, 3.05) is 11.1 Å². The van der Waals surface area contributed by atoms with E-state index >= 15 is 0 Å². The maximum atomic E-state index is 11.9. The summed E-state index contributed by atoms with van der Waals surface area (Å²) < 4.78 is -0.286. The van der Waals surface area contributed by atoms with Crippen LogP contribution in [0.4, 0.5) is 5.69 Å². The molecule has 1 aromatic carbocycles. The Balaban J connectivity index is 1.86. The average Bonchev–Trinajstić information content (AvgIpc) is 3.20. The van der Waals surface area contributed by atoms with Crippen LogP contribution in [0.5, 0.6) is 0 Å². The van der Waals surface area contributed by atoms with Gasteiger partial charge in [-0.05, 0) is 61.4 Å². The number of thioether (sulfide) groups is 1. The fourth-order valence-corrected chi connectivity index (χ4v) is 6.28. The molecule has 2 heterocycles. The van der Waals surface area contributed by atoms with Crippen molar-refractivity contribution in [2.45, 2.75) is 37.4 Å². The number of allylic oxidation sites excluding steroid dienone is 1. The second kappa shape index (κ2) is 9.41. The first-order valence-electron chi connectivity index (χ1n) is 9.27. The first kappa shape index (κ1) is 20.6. The number of anilines is 1. The Morgan fingerprint density at radius 2 is 2.11 bits per heavy atom. The monoisotopic (exact) mass is 416 g/mol. The van der Waals surface area contributed by atoms with Gasteiger partial charge in [0.2, 0.25) is 11.8 Å². The number of thiophene rings is 1. The van der Waals surface area contributed by atoms with Crippen LogP contribution in [-0.2, 0) is 14.3 Å². The molecule has 7 heteroatoms. The van der Waals surface area contributed by atoms with Gasteiger partial charge < -0.3 is 5.32 Å². The Morgan fingerprint density at radius 3 is 2.82 bits per heavy atom. The number of benzene rings is 1. The van der Waals surface area contributed by atoms with E-state index in [4.69, 9.17) is 5.21 Å². The van der Waals surface area contributed by atoms with Gasteiger partial charge in [0.25, 0.3) is 0 Å². The van der Waals surface area contributed by atoms with Crippen molar-refractivity contribution < 1.29 is 14.8 Å². The number of carbonyl (C=O) groups is 2. The molecule has 0 spiro atoms. The Kier molecular flexibility index (Phi) is 6.93. The minimum Gasteiger partial charge on any atom is -0.323 e. The smallest absolute Gasteiger partial charge is 0.248 e. The molecule has 3 N–H and O–H groups in total. The van der Waals surface area contributed by atoms with Crippen LogP contribution in [0.25, 0.3) is 10.4 Å². The lowest BCUT2D eigenvalue weighted by Crippen LogP contribution is -2.32. The number of hydroxylamine groups is 1. The van der Waals surface area contributed by atoms with Crippen LogP contribution in [0.2, 0.25) is 0 Å². The number of carbonyl (C=O) groups excluding carboxylic acids is 2. The Bertz CT molecular complexity index is 870. The second-order valence-corrected chi connectivity index (χ2v) is 9.31. The van der Waals surface area contributed by atoms with E-state index in [0.717, 1.165) is 46.0 Å². The van der Waals surface area contributed by atoms with Crippen molar-refractivity contribution in [1.29, 1.82) is 0 Å². The van der Waals surface area contributed by atoms with Gasteiger partial charge in [-0.3, -0.25) is 14.8 Å². The third kappa shape index (κ3) is 4.84. The van der Waals surface area contributed by atoms with Gasteiger partial charge in [0.15, 0.2) is 0 Å². The summed E-state index contributed by atoms with van der Waals surface area (Å²) in [4.78, 5) is 26.0. The number of hydrogen-bond donors (Lipinski definition) is 3. The van der Waals surface area contributed by atoms with Gasteiger partial charge in [0, 0.05) is 21.9 Å². The molecule has 1 aromatic heterocycles. The first-order chi connectivity index (χ1) is 13.6. The summed E-state index contributed by atoms with van der Waals surface area (Å²) >= 11 is 3.48. The lowest BCUT2D eigenvalue weighted by molar-refractivity contribution is -0.129. The molecule has 2 amide bonds. The molecule has 2 aromatic rings. The minimum atomic E-state index is -0.349. The van der Waals surface area contributed by atoms with Crippen molar-refractivity contribution >= 4 is 40.6 Å². The summed E-state index contributed by atoms with van der Waals surface area (Å²) in [5.41, 5.74) is 3.56. The predicted molar refractivity (Wildman–Crippen MR) is 116 cm³/mol. The topological polar surface area (TPSA) is 78.4 Å². The van der Waals surface area contributed by atoms with E-state index in [1.54, 1.807) is 41.6 Å². The molecule has 0 unspecified atom stereocenters. The van der Waals surface area contributed by atoms with Crippen LogP contribution in [0.1, 0.15) is 37.5 Å². The maximum absolute atomic E-state index is 11.9. The highest BCUT2D eigenvalue weighted by Gasteiger charge is 2.38. The average molecular weight is 417 g/mol. The van der Waals surface area contributed by atoms with Crippen LogP contribution in [0, 0.1) is 0 Å². The standard InChI is InChI=1S/C21H24N2O3S2/c1-2-6-19(24)22-16-8-5-7-15(13-16)17-9-10-18(28-17)21(14-20(25)23-26)11-3-4-12-27-21/h2,5-10,13,26H,3-4,11-12,14H2,1H3,(H,22,24)(H,23,25)/b6-2+/t21-/m0/s1. The van der Waals surface area contributed by atoms with Crippen LogP contribution in [-0.4, -0.2) is 22.8 Å². The minimum absolute atomic E-state index is 0.154. The summed E-state index contributed by atoms with van der Waals surface area (Å²) in [6.45, 7) is 1.80. The lowest BCUT2D eigenvalue weighted by atomic mass is 9.94. The third-order valence-electron chi connectivity index (χ3n) is 4.71.